The number of benzene rings is 1. The summed E-state index contributed by atoms with van der Waals surface area (Å²) in [7, 11) is 0. The van der Waals surface area contributed by atoms with Crippen molar-refractivity contribution in [3.63, 3.8) is 0 Å². The van der Waals surface area contributed by atoms with Crippen molar-refractivity contribution in [2.45, 2.75) is 32.2 Å². The Morgan fingerprint density at radius 1 is 1.44 bits per heavy atom. The Hall–Kier alpha value is -1.62. The molecule has 1 saturated heterocycles. The van der Waals surface area contributed by atoms with E-state index in [9.17, 15) is 10.1 Å². The van der Waals surface area contributed by atoms with Crippen molar-refractivity contribution in [3.8, 4) is 0 Å². The summed E-state index contributed by atoms with van der Waals surface area (Å²) in [4.78, 5) is 10.7. The maximum absolute atomic E-state index is 11.0. The number of para-hydroxylation sites is 1. The third-order valence-electron chi connectivity index (χ3n) is 3.34. The molecule has 1 aromatic carbocycles. The average molecular weight is 249 g/mol. The van der Waals surface area contributed by atoms with E-state index in [4.69, 9.17) is 0 Å². The maximum atomic E-state index is 11.0. The van der Waals surface area contributed by atoms with Crippen molar-refractivity contribution in [1.29, 1.82) is 0 Å². The summed E-state index contributed by atoms with van der Waals surface area (Å²) < 4.78 is 0. The van der Waals surface area contributed by atoms with E-state index in [0.717, 1.165) is 31.5 Å². The molecule has 0 saturated carbocycles. The quantitative estimate of drug-likeness (QED) is 0.638. The minimum absolute atomic E-state index is 0.166. The lowest BCUT2D eigenvalue weighted by Gasteiger charge is -2.19. The van der Waals surface area contributed by atoms with Crippen LogP contribution in [0.5, 0.6) is 0 Å². The fourth-order valence-electron chi connectivity index (χ4n) is 2.34. The fraction of sp³-hybridized carbons (Fsp3) is 0.538. The van der Waals surface area contributed by atoms with Crippen molar-refractivity contribution in [2.75, 3.05) is 18.4 Å². The highest BCUT2D eigenvalue weighted by Crippen LogP contribution is 2.28. The third kappa shape index (κ3) is 2.98. The predicted octanol–water partition coefficient (Wildman–Crippen LogP) is 2.46. The topological polar surface area (TPSA) is 67.2 Å². The molecule has 1 atom stereocenters. The van der Waals surface area contributed by atoms with Crippen molar-refractivity contribution in [3.05, 3.63) is 33.9 Å². The van der Waals surface area contributed by atoms with E-state index in [1.54, 1.807) is 12.1 Å². The molecular weight excluding hydrogens is 230 g/mol. The Kier molecular flexibility index (Phi) is 4.15. The molecule has 1 unspecified atom stereocenters. The van der Waals surface area contributed by atoms with Gasteiger partial charge in [0.25, 0.3) is 5.69 Å². The smallest absolute Gasteiger partial charge is 0.292 e. The standard InChI is InChI=1S/C13H19N3O2/c1-10-5-4-7-12(16(17)18)13(10)15-11-6-2-3-8-14-9-11/h4-5,7,11,14-15H,2-3,6,8-9H2,1H3. The molecule has 0 aromatic heterocycles. The van der Waals surface area contributed by atoms with Gasteiger partial charge in [-0.05, 0) is 31.9 Å². The molecule has 0 aliphatic carbocycles. The van der Waals surface area contributed by atoms with Crippen LogP contribution < -0.4 is 10.6 Å². The highest BCUT2D eigenvalue weighted by Gasteiger charge is 2.19. The average Bonchev–Trinajstić information content (AvgIpc) is 2.60. The number of aryl methyl sites for hydroxylation is 1. The largest absolute Gasteiger partial charge is 0.375 e. The van der Waals surface area contributed by atoms with Gasteiger partial charge in [0.05, 0.1) is 4.92 Å². The molecule has 2 N–H and O–H groups in total. The van der Waals surface area contributed by atoms with E-state index in [0.29, 0.717) is 5.69 Å². The fourth-order valence-corrected chi connectivity index (χ4v) is 2.34. The van der Waals surface area contributed by atoms with Crippen LogP contribution in [0.1, 0.15) is 24.8 Å². The van der Waals surface area contributed by atoms with Gasteiger partial charge in [0.1, 0.15) is 5.69 Å². The predicted molar refractivity (Wildman–Crippen MR) is 72.0 cm³/mol. The summed E-state index contributed by atoms with van der Waals surface area (Å²) in [6, 6.07) is 5.45. The molecule has 1 aromatic rings. The number of nitro groups is 1. The monoisotopic (exact) mass is 249 g/mol. The Labute approximate surface area is 107 Å². The summed E-state index contributed by atoms with van der Waals surface area (Å²) in [6.07, 6.45) is 3.39. The van der Waals surface area contributed by atoms with E-state index >= 15 is 0 Å². The van der Waals surface area contributed by atoms with Gasteiger partial charge < -0.3 is 10.6 Å². The van der Waals surface area contributed by atoms with Gasteiger partial charge in [0.15, 0.2) is 0 Å². The summed E-state index contributed by atoms with van der Waals surface area (Å²) in [5.41, 5.74) is 1.75. The van der Waals surface area contributed by atoms with Gasteiger partial charge in [0.2, 0.25) is 0 Å². The SMILES string of the molecule is Cc1cccc([N+](=O)[O-])c1NC1CCCCNC1. The van der Waals surface area contributed by atoms with Gasteiger partial charge in [-0.15, -0.1) is 0 Å². The second-order valence-electron chi connectivity index (χ2n) is 4.77. The number of nitrogens with one attached hydrogen (secondary N) is 2. The number of hydrogen-bond acceptors (Lipinski definition) is 4. The molecule has 1 aliphatic rings. The zero-order chi connectivity index (χ0) is 13.0. The van der Waals surface area contributed by atoms with Crippen LogP contribution in [0.2, 0.25) is 0 Å². The van der Waals surface area contributed by atoms with Gasteiger partial charge in [-0.2, -0.15) is 0 Å². The molecule has 0 amide bonds. The van der Waals surface area contributed by atoms with Crippen molar-refractivity contribution in [2.24, 2.45) is 0 Å². The Balaban J connectivity index is 2.19. The van der Waals surface area contributed by atoms with Gasteiger partial charge >= 0.3 is 0 Å². The van der Waals surface area contributed by atoms with Crippen LogP contribution in [-0.4, -0.2) is 24.1 Å². The Bertz CT molecular complexity index is 426. The molecule has 0 bridgehead atoms. The normalized spacial score (nSPS) is 20.2. The summed E-state index contributed by atoms with van der Waals surface area (Å²) in [5, 5.41) is 17.7. The van der Waals surface area contributed by atoms with Crippen LogP contribution in [-0.2, 0) is 0 Å². The number of anilines is 1. The van der Waals surface area contributed by atoms with E-state index in [2.05, 4.69) is 10.6 Å². The van der Waals surface area contributed by atoms with Crippen LogP contribution >= 0.6 is 0 Å². The molecule has 5 heteroatoms. The lowest BCUT2D eigenvalue weighted by molar-refractivity contribution is -0.384. The van der Waals surface area contributed by atoms with Crippen molar-refractivity contribution in [1.82, 2.24) is 5.32 Å². The first-order chi connectivity index (χ1) is 8.68. The number of nitro benzene ring substituents is 1. The zero-order valence-corrected chi connectivity index (χ0v) is 10.6. The van der Waals surface area contributed by atoms with Crippen molar-refractivity contribution < 1.29 is 4.92 Å². The highest BCUT2D eigenvalue weighted by atomic mass is 16.6. The summed E-state index contributed by atoms with van der Waals surface area (Å²) >= 11 is 0. The minimum Gasteiger partial charge on any atom is -0.375 e. The molecule has 1 heterocycles. The first kappa shape index (κ1) is 12.8. The zero-order valence-electron chi connectivity index (χ0n) is 10.6. The second-order valence-corrected chi connectivity index (χ2v) is 4.77. The first-order valence-corrected chi connectivity index (χ1v) is 6.40. The van der Waals surface area contributed by atoms with E-state index in [-0.39, 0.29) is 16.7 Å². The maximum Gasteiger partial charge on any atom is 0.292 e. The van der Waals surface area contributed by atoms with Crippen LogP contribution in [0, 0.1) is 17.0 Å². The first-order valence-electron chi connectivity index (χ1n) is 6.40. The molecule has 1 aliphatic heterocycles. The lowest BCUT2D eigenvalue weighted by atomic mass is 10.1. The molecular formula is C13H19N3O2. The van der Waals surface area contributed by atoms with Crippen LogP contribution in [0.25, 0.3) is 0 Å². The van der Waals surface area contributed by atoms with Gasteiger partial charge in [-0.1, -0.05) is 18.6 Å². The van der Waals surface area contributed by atoms with Gasteiger partial charge in [-0.3, -0.25) is 10.1 Å². The molecule has 1 fully saturated rings. The second kappa shape index (κ2) is 5.82. The molecule has 0 spiro atoms. The number of rotatable bonds is 3. The van der Waals surface area contributed by atoms with E-state index in [1.165, 1.54) is 6.42 Å². The molecule has 5 nitrogen and oxygen atoms in total. The molecule has 0 radical (unpaired) electrons. The molecule has 18 heavy (non-hydrogen) atoms. The molecule has 98 valence electrons. The van der Waals surface area contributed by atoms with Crippen LogP contribution in [0.3, 0.4) is 0 Å². The molecule has 2 rings (SSSR count). The summed E-state index contributed by atoms with van der Waals surface area (Å²) in [5.74, 6) is 0. The highest BCUT2D eigenvalue weighted by molar-refractivity contribution is 5.66. The van der Waals surface area contributed by atoms with E-state index < -0.39 is 0 Å². The van der Waals surface area contributed by atoms with Crippen molar-refractivity contribution >= 4 is 11.4 Å². The minimum atomic E-state index is -0.320. The van der Waals surface area contributed by atoms with E-state index in [1.807, 2.05) is 13.0 Å². The number of hydrogen-bond donors (Lipinski definition) is 2. The van der Waals surface area contributed by atoms with Gasteiger partial charge in [-0.25, -0.2) is 0 Å². The van der Waals surface area contributed by atoms with Crippen LogP contribution in [0.15, 0.2) is 18.2 Å². The Morgan fingerprint density at radius 3 is 3.06 bits per heavy atom. The van der Waals surface area contributed by atoms with Crippen LogP contribution in [0.4, 0.5) is 11.4 Å². The van der Waals surface area contributed by atoms with Gasteiger partial charge in [0, 0.05) is 18.7 Å². The number of nitrogens with zero attached hydrogens (tertiary/aromatic N) is 1. The Morgan fingerprint density at radius 2 is 2.28 bits per heavy atom. The lowest BCUT2D eigenvalue weighted by Crippen LogP contribution is -2.31. The summed E-state index contributed by atoms with van der Waals surface area (Å²) in [6.45, 7) is 3.80. The third-order valence-corrected chi connectivity index (χ3v) is 3.34.